The molecule has 1 heterocycles. The van der Waals surface area contributed by atoms with E-state index in [4.69, 9.17) is 0 Å². The molecule has 1 aromatic carbocycles. The average molecular weight is 348 g/mol. The summed E-state index contributed by atoms with van der Waals surface area (Å²) in [6, 6.07) is 9.76. The van der Waals surface area contributed by atoms with Crippen LogP contribution in [-0.2, 0) is 0 Å². The van der Waals surface area contributed by atoms with Crippen molar-refractivity contribution in [1.29, 1.82) is 0 Å². The number of aromatic nitrogens is 2. The van der Waals surface area contributed by atoms with Gasteiger partial charge >= 0.3 is 6.03 Å². The van der Waals surface area contributed by atoms with Gasteiger partial charge in [0, 0.05) is 5.92 Å². The molecular weight excluding hydrogens is 324 g/mol. The molecule has 0 fully saturated rings. The molecule has 2 aromatic rings. The van der Waals surface area contributed by atoms with Crippen molar-refractivity contribution in [2.45, 2.75) is 45.1 Å². The number of hydrogen-bond donors (Lipinski definition) is 3. The van der Waals surface area contributed by atoms with Crippen LogP contribution in [0.1, 0.15) is 50.1 Å². The van der Waals surface area contributed by atoms with Crippen molar-refractivity contribution in [3.63, 3.8) is 0 Å². The molecule has 6 nitrogen and oxygen atoms in total. The monoisotopic (exact) mass is 348 g/mol. The number of benzene rings is 1. The summed E-state index contributed by atoms with van der Waals surface area (Å²) in [7, 11) is 0. The molecule has 7 heteroatoms. The Hall–Kier alpha value is -1.99. The first-order valence-corrected chi connectivity index (χ1v) is 8.91. The van der Waals surface area contributed by atoms with E-state index in [0.717, 1.165) is 11.4 Å². The van der Waals surface area contributed by atoms with Crippen LogP contribution in [0.5, 0.6) is 0 Å². The first kappa shape index (κ1) is 18.4. The van der Waals surface area contributed by atoms with E-state index in [1.807, 2.05) is 25.1 Å². The Balaban J connectivity index is 2.06. The van der Waals surface area contributed by atoms with Crippen LogP contribution in [0.4, 0.5) is 9.93 Å². The van der Waals surface area contributed by atoms with Gasteiger partial charge in [-0.15, -0.1) is 10.2 Å². The second kappa shape index (κ2) is 8.21. The number of anilines is 1. The first-order chi connectivity index (χ1) is 11.5. The van der Waals surface area contributed by atoms with E-state index in [9.17, 15) is 9.90 Å². The number of carbonyl (C=O) groups is 1. The van der Waals surface area contributed by atoms with Crippen LogP contribution in [-0.4, -0.2) is 33.5 Å². The van der Waals surface area contributed by atoms with Gasteiger partial charge in [-0.05, 0) is 25.3 Å². The predicted octanol–water partition coefficient (Wildman–Crippen LogP) is 3.36. The molecule has 1 aromatic heterocycles. The lowest BCUT2D eigenvalue weighted by atomic mass is 9.97. The minimum atomic E-state index is -0.645. The molecule has 0 radical (unpaired) electrons. The van der Waals surface area contributed by atoms with Crippen molar-refractivity contribution in [1.82, 2.24) is 15.5 Å². The quantitative estimate of drug-likeness (QED) is 0.716. The third kappa shape index (κ3) is 4.52. The van der Waals surface area contributed by atoms with E-state index in [1.165, 1.54) is 16.9 Å². The van der Waals surface area contributed by atoms with E-state index < -0.39 is 5.54 Å². The average Bonchev–Trinajstić information content (AvgIpc) is 3.04. The Labute approximate surface area is 146 Å². The molecule has 130 valence electrons. The van der Waals surface area contributed by atoms with Crippen molar-refractivity contribution in [3.8, 4) is 0 Å². The summed E-state index contributed by atoms with van der Waals surface area (Å²) in [4.78, 5) is 12.1. The number of carbonyl (C=O) groups excluding carboxylic acids is 1. The zero-order chi connectivity index (χ0) is 17.6. The highest BCUT2D eigenvalue weighted by Gasteiger charge is 2.24. The predicted molar refractivity (Wildman–Crippen MR) is 96.4 cm³/mol. The molecule has 0 aliphatic rings. The molecule has 2 atom stereocenters. The van der Waals surface area contributed by atoms with Gasteiger partial charge in [0.15, 0.2) is 0 Å². The molecule has 0 aliphatic carbocycles. The molecule has 0 saturated heterocycles. The number of amides is 2. The van der Waals surface area contributed by atoms with Crippen LogP contribution in [0.2, 0.25) is 0 Å². The maximum Gasteiger partial charge on any atom is 0.321 e. The Morgan fingerprint density at radius 2 is 2.00 bits per heavy atom. The van der Waals surface area contributed by atoms with Crippen LogP contribution in [0, 0.1) is 0 Å². The number of aliphatic hydroxyl groups excluding tert-OH is 1. The number of aliphatic hydroxyl groups is 1. The third-order valence-corrected chi connectivity index (χ3v) is 5.07. The molecule has 0 bridgehead atoms. The number of nitrogens with zero attached hydrogens (tertiary/aromatic N) is 2. The minimum Gasteiger partial charge on any atom is -0.394 e. The first-order valence-electron chi connectivity index (χ1n) is 8.09. The van der Waals surface area contributed by atoms with Gasteiger partial charge in [-0.2, -0.15) is 0 Å². The zero-order valence-electron chi connectivity index (χ0n) is 14.2. The molecule has 2 rings (SSSR count). The van der Waals surface area contributed by atoms with Gasteiger partial charge in [0.05, 0.1) is 12.1 Å². The van der Waals surface area contributed by atoms with E-state index >= 15 is 0 Å². The van der Waals surface area contributed by atoms with E-state index in [0.29, 0.717) is 11.6 Å². The lowest BCUT2D eigenvalue weighted by molar-refractivity contribution is 0.172. The van der Waals surface area contributed by atoms with Gasteiger partial charge < -0.3 is 10.4 Å². The van der Waals surface area contributed by atoms with Crippen LogP contribution in [0.3, 0.4) is 0 Å². The highest BCUT2D eigenvalue weighted by Crippen LogP contribution is 2.31. The maximum absolute atomic E-state index is 12.1. The Morgan fingerprint density at radius 1 is 1.29 bits per heavy atom. The Morgan fingerprint density at radius 3 is 2.58 bits per heavy atom. The number of nitrogens with one attached hydrogen (secondary N) is 2. The fourth-order valence-electron chi connectivity index (χ4n) is 2.31. The Bertz CT molecular complexity index is 656. The lowest BCUT2D eigenvalue weighted by Crippen LogP contribution is -2.50. The fourth-order valence-corrected chi connectivity index (χ4v) is 3.26. The van der Waals surface area contributed by atoms with E-state index in [2.05, 4.69) is 39.9 Å². The largest absolute Gasteiger partial charge is 0.394 e. The molecule has 2 amide bonds. The van der Waals surface area contributed by atoms with Crippen molar-refractivity contribution in [3.05, 3.63) is 40.9 Å². The van der Waals surface area contributed by atoms with Gasteiger partial charge in [-0.1, -0.05) is 55.5 Å². The normalized spacial score (nSPS) is 14.7. The van der Waals surface area contributed by atoms with E-state index in [1.54, 1.807) is 6.92 Å². The van der Waals surface area contributed by atoms with Crippen LogP contribution in [0.25, 0.3) is 0 Å². The van der Waals surface area contributed by atoms with Crippen LogP contribution < -0.4 is 10.6 Å². The number of hydrogen-bond acceptors (Lipinski definition) is 5. The summed E-state index contributed by atoms with van der Waals surface area (Å²) in [5.41, 5.74) is 0.541. The summed E-state index contributed by atoms with van der Waals surface area (Å²) in [5.74, 6) is 0.167. The zero-order valence-corrected chi connectivity index (χ0v) is 15.1. The summed E-state index contributed by atoms with van der Waals surface area (Å²) >= 11 is 1.37. The second-order valence-corrected chi connectivity index (χ2v) is 6.98. The molecule has 2 unspecified atom stereocenters. The van der Waals surface area contributed by atoms with E-state index in [-0.39, 0.29) is 18.6 Å². The minimum absolute atomic E-state index is 0.121. The summed E-state index contributed by atoms with van der Waals surface area (Å²) in [6.07, 6.45) is 1.54. The van der Waals surface area contributed by atoms with Gasteiger partial charge in [0.25, 0.3) is 0 Å². The summed E-state index contributed by atoms with van der Waals surface area (Å²) in [5, 5.41) is 24.5. The molecule has 0 aliphatic heterocycles. The van der Waals surface area contributed by atoms with Crippen molar-refractivity contribution >= 4 is 22.5 Å². The summed E-state index contributed by atoms with van der Waals surface area (Å²) in [6.45, 7) is 5.68. The third-order valence-electron chi connectivity index (χ3n) is 4.11. The molecule has 3 N–H and O–H groups in total. The topological polar surface area (TPSA) is 87.1 Å². The Kier molecular flexibility index (Phi) is 6.28. The molecule has 24 heavy (non-hydrogen) atoms. The second-order valence-electron chi connectivity index (χ2n) is 5.97. The van der Waals surface area contributed by atoms with Crippen molar-refractivity contribution < 1.29 is 9.90 Å². The SMILES string of the molecule is CCC(c1ccccc1)c1nnc(NC(=O)NC(C)(CC)CO)s1. The molecule has 0 spiro atoms. The van der Waals surface area contributed by atoms with Crippen molar-refractivity contribution in [2.75, 3.05) is 11.9 Å². The highest BCUT2D eigenvalue weighted by atomic mass is 32.1. The molecular formula is C17H24N4O2S. The van der Waals surface area contributed by atoms with Gasteiger partial charge in [0.1, 0.15) is 5.01 Å². The standard InChI is InChI=1S/C17H24N4O2S/c1-4-13(12-9-7-6-8-10-12)14-20-21-16(24-14)18-15(23)19-17(3,5-2)11-22/h6-10,13,22H,4-5,11H2,1-3H3,(H2,18,19,21,23). The fraction of sp³-hybridized carbons (Fsp3) is 0.471. The summed E-state index contributed by atoms with van der Waals surface area (Å²) < 4.78 is 0. The number of urea groups is 1. The van der Waals surface area contributed by atoms with Gasteiger partial charge in [-0.3, -0.25) is 5.32 Å². The van der Waals surface area contributed by atoms with Gasteiger partial charge in [0.2, 0.25) is 5.13 Å². The van der Waals surface area contributed by atoms with Crippen molar-refractivity contribution in [2.24, 2.45) is 0 Å². The smallest absolute Gasteiger partial charge is 0.321 e. The molecule has 0 saturated carbocycles. The van der Waals surface area contributed by atoms with Crippen LogP contribution >= 0.6 is 11.3 Å². The number of rotatable bonds is 7. The maximum atomic E-state index is 12.1. The lowest BCUT2D eigenvalue weighted by Gasteiger charge is -2.26. The van der Waals surface area contributed by atoms with Gasteiger partial charge in [-0.25, -0.2) is 4.79 Å². The van der Waals surface area contributed by atoms with Crippen LogP contribution in [0.15, 0.2) is 30.3 Å². The highest BCUT2D eigenvalue weighted by molar-refractivity contribution is 7.15.